The fourth-order valence-corrected chi connectivity index (χ4v) is 0.792. The predicted octanol–water partition coefficient (Wildman–Crippen LogP) is -1.53. The molecular weight excluding hydrogens is 162 g/mol. The van der Waals surface area contributed by atoms with Crippen molar-refractivity contribution in [2.24, 2.45) is 7.05 Å². The van der Waals surface area contributed by atoms with E-state index in [1.165, 1.54) is 7.05 Å². The lowest BCUT2D eigenvalue weighted by Crippen LogP contribution is -2.27. The molecule has 0 saturated heterocycles. The maximum absolute atomic E-state index is 10.8. The number of aliphatic hydroxyl groups is 3. The van der Waals surface area contributed by atoms with E-state index in [0.717, 1.165) is 22.9 Å². The summed E-state index contributed by atoms with van der Waals surface area (Å²) in [6.45, 7) is 0. The molecular formula is C7H9NO4. The van der Waals surface area contributed by atoms with Crippen LogP contribution in [0.2, 0.25) is 0 Å². The predicted molar refractivity (Wildman–Crippen MR) is 40.0 cm³/mol. The van der Waals surface area contributed by atoms with Crippen molar-refractivity contribution in [3.63, 3.8) is 0 Å². The lowest BCUT2D eigenvalue weighted by molar-refractivity contribution is -0.324. The third-order valence-electron chi connectivity index (χ3n) is 1.47. The second-order valence-electron chi connectivity index (χ2n) is 2.50. The number of nitrogens with zero attached hydrogens (tertiary/aromatic N) is 1. The molecule has 0 fully saturated rings. The van der Waals surface area contributed by atoms with Gasteiger partial charge < -0.3 is 19.9 Å². The summed E-state index contributed by atoms with van der Waals surface area (Å²) >= 11 is 0. The van der Waals surface area contributed by atoms with Gasteiger partial charge in [-0.3, -0.25) is 4.79 Å². The molecule has 1 heterocycles. The van der Waals surface area contributed by atoms with E-state index in [0.29, 0.717) is 0 Å². The van der Waals surface area contributed by atoms with Crippen LogP contribution in [0.4, 0.5) is 0 Å². The Hall–Kier alpha value is -1.17. The molecule has 1 aromatic rings. The highest BCUT2D eigenvalue weighted by Crippen LogP contribution is 2.10. The molecule has 0 aromatic carbocycles. The first kappa shape index (κ1) is 8.92. The summed E-state index contributed by atoms with van der Waals surface area (Å²) < 4.78 is 1.13. The number of rotatable bonds is 1. The van der Waals surface area contributed by atoms with Crippen LogP contribution >= 0.6 is 0 Å². The fourth-order valence-electron chi connectivity index (χ4n) is 0.792. The van der Waals surface area contributed by atoms with E-state index < -0.39 is 5.97 Å². The molecule has 66 valence electrons. The standard InChI is InChI=1S/C7H9NO4/c1-8-4-5(7(10,11)12)2-3-6(8)9/h2-4,10-12H,1H3. The van der Waals surface area contributed by atoms with Gasteiger partial charge in [0.2, 0.25) is 5.56 Å². The molecule has 5 nitrogen and oxygen atoms in total. The van der Waals surface area contributed by atoms with Crippen LogP contribution in [0.1, 0.15) is 5.56 Å². The fraction of sp³-hybridized carbons (Fsp3) is 0.286. The van der Waals surface area contributed by atoms with Crippen LogP contribution in [0.3, 0.4) is 0 Å². The van der Waals surface area contributed by atoms with Crippen molar-refractivity contribution in [2.45, 2.75) is 5.97 Å². The highest BCUT2D eigenvalue weighted by molar-refractivity contribution is 5.12. The zero-order chi connectivity index (χ0) is 9.35. The minimum absolute atomic E-state index is 0.149. The van der Waals surface area contributed by atoms with Crippen molar-refractivity contribution in [1.82, 2.24) is 4.57 Å². The highest BCUT2D eigenvalue weighted by Gasteiger charge is 2.21. The summed E-state index contributed by atoms with van der Waals surface area (Å²) in [5, 5.41) is 26.1. The van der Waals surface area contributed by atoms with Crippen LogP contribution in [-0.2, 0) is 13.0 Å². The molecule has 0 aliphatic rings. The average Bonchev–Trinajstić information content (AvgIpc) is 1.92. The summed E-state index contributed by atoms with van der Waals surface area (Å²) in [7, 11) is 1.44. The van der Waals surface area contributed by atoms with Gasteiger partial charge in [0.25, 0.3) is 0 Å². The van der Waals surface area contributed by atoms with Gasteiger partial charge in [0, 0.05) is 19.3 Å². The van der Waals surface area contributed by atoms with Crippen LogP contribution < -0.4 is 5.56 Å². The van der Waals surface area contributed by atoms with Crippen molar-refractivity contribution >= 4 is 0 Å². The maximum Gasteiger partial charge on any atom is 0.305 e. The molecule has 0 unspecified atom stereocenters. The molecule has 0 amide bonds. The minimum atomic E-state index is -2.88. The highest BCUT2D eigenvalue weighted by atomic mass is 16.7. The Morgan fingerprint density at radius 1 is 1.33 bits per heavy atom. The number of hydrogen-bond acceptors (Lipinski definition) is 4. The first-order chi connectivity index (χ1) is 5.41. The Morgan fingerprint density at radius 2 is 1.92 bits per heavy atom. The topological polar surface area (TPSA) is 82.7 Å². The Morgan fingerprint density at radius 3 is 2.33 bits per heavy atom. The molecule has 3 N–H and O–H groups in total. The summed E-state index contributed by atoms with van der Waals surface area (Å²) in [6.07, 6.45) is 1.14. The zero-order valence-electron chi connectivity index (χ0n) is 6.43. The van der Waals surface area contributed by atoms with Crippen molar-refractivity contribution in [3.05, 3.63) is 34.2 Å². The molecule has 0 saturated carbocycles. The Bertz CT molecular complexity index is 336. The van der Waals surface area contributed by atoms with Gasteiger partial charge in [-0.15, -0.1) is 0 Å². The molecule has 0 bridgehead atoms. The quantitative estimate of drug-likeness (QED) is 0.448. The second kappa shape index (κ2) is 2.71. The maximum atomic E-state index is 10.8. The molecule has 0 radical (unpaired) electrons. The molecule has 0 aliphatic heterocycles. The Kier molecular flexibility index (Phi) is 2.01. The Balaban J connectivity index is 3.23. The van der Waals surface area contributed by atoms with E-state index in [1.54, 1.807) is 0 Å². The number of hydrogen-bond donors (Lipinski definition) is 3. The van der Waals surface area contributed by atoms with E-state index in [9.17, 15) is 4.79 Å². The van der Waals surface area contributed by atoms with Gasteiger partial charge in [0.15, 0.2) is 0 Å². The largest absolute Gasteiger partial charge is 0.340 e. The van der Waals surface area contributed by atoms with E-state index >= 15 is 0 Å². The van der Waals surface area contributed by atoms with Crippen molar-refractivity contribution in [2.75, 3.05) is 0 Å². The zero-order valence-corrected chi connectivity index (χ0v) is 6.43. The van der Waals surface area contributed by atoms with Crippen LogP contribution in [0.5, 0.6) is 0 Å². The lowest BCUT2D eigenvalue weighted by Gasteiger charge is -2.14. The summed E-state index contributed by atoms with van der Waals surface area (Å²) in [4.78, 5) is 10.8. The third kappa shape index (κ3) is 1.70. The van der Waals surface area contributed by atoms with Crippen molar-refractivity contribution in [1.29, 1.82) is 0 Å². The molecule has 1 aromatic heterocycles. The molecule has 12 heavy (non-hydrogen) atoms. The third-order valence-corrected chi connectivity index (χ3v) is 1.47. The van der Waals surface area contributed by atoms with E-state index in [-0.39, 0.29) is 11.1 Å². The summed E-state index contributed by atoms with van der Waals surface area (Å²) in [5.41, 5.74) is -0.437. The number of aryl methyl sites for hydroxylation is 1. The van der Waals surface area contributed by atoms with E-state index in [4.69, 9.17) is 15.3 Å². The van der Waals surface area contributed by atoms with Crippen molar-refractivity contribution in [3.8, 4) is 0 Å². The lowest BCUT2D eigenvalue weighted by atomic mass is 10.2. The van der Waals surface area contributed by atoms with Gasteiger partial charge >= 0.3 is 5.97 Å². The van der Waals surface area contributed by atoms with Gasteiger partial charge in [-0.25, -0.2) is 0 Å². The van der Waals surface area contributed by atoms with Gasteiger partial charge in [-0.2, -0.15) is 0 Å². The van der Waals surface area contributed by atoms with Crippen LogP contribution in [0, 0.1) is 0 Å². The molecule has 1 rings (SSSR count). The van der Waals surface area contributed by atoms with Gasteiger partial charge in [-0.1, -0.05) is 0 Å². The molecule has 0 aliphatic carbocycles. The van der Waals surface area contributed by atoms with Crippen molar-refractivity contribution < 1.29 is 15.3 Å². The SMILES string of the molecule is Cn1cc(C(O)(O)O)ccc1=O. The second-order valence-corrected chi connectivity index (χ2v) is 2.50. The number of aromatic nitrogens is 1. The summed E-state index contributed by atoms with van der Waals surface area (Å²) in [6, 6.07) is 2.27. The molecule has 0 atom stereocenters. The average molecular weight is 171 g/mol. The number of pyridine rings is 1. The normalized spacial score (nSPS) is 11.7. The Labute approximate surface area is 68.1 Å². The summed E-state index contributed by atoms with van der Waals surface area (Å²) in [5.74, 6) is -2.88. The van der Waals surface area contributed by atoms with Gasteiger partial charge in [-0.05, 0) is 6.07 Å². The van der Waals surface area contributed by atoms with E-state index in [1.807, 2.05) is 0 Å². The molecule has 0 spiro atoms. The van der Waals surface area contributed by atoms with E-state index in [2.05, 4.69) is 0 Å². The monoisotopic (exact) mass is 171 g/mol. The van der Waals surface area contributed by atoms with Gasteiger partial charge in [0.1, 0.15) is 0 Å². The first-order valence-corrected chi connectivity index (χ1v) is 3.25. The minimum Gasteiger partial charge on any atom is -0.340 e. The smallest absolute Gasteiger partial charge is 0.305 e. The van der Waals surface area contributed by atoms with Crippen LogP contribution in [-0.4, -0.2) is 19.9 Å². The van der Waals surface area contributed by atoms with Crippen LogP contribution in [0.15, 0.2) is 23.1 Å². The van der Waals surface area contributed by atoms with Gasteiger partial charge in [0.05, 0.1) is 5.56 Å². The van der Waals surface area contributed by atoms with Crippen LogP contribution in [0.25, 0.3) is 0 Å². The molecule has 5 heteroatoms. The first-order valence-electron chi connectivity index (χ1n) is 3.25.